The van der Waals surface area contributed by atoms with Crippen LogP contribution >= 0.6 is 11.3 Å². The van der Waals surface area contributed by atoms with Gasteiger partial charge >= 0.3 is 0 Å². The number of rotatable bonds is 1. The molecule has 3 heteroatoms. The molecule has 0 aliphatic carbocycles. The summed E-state index contributed by atoms with van der Waals surface area (Å²) in [5, 5.41) is 12.0. The predicted molar refractivity (Wildman–Crippen MR) is 177 cm³/mol. The van der Waals surface area contributed by atoms with E-state index < -0.39 is 0 Å². The van der Waals surface area contributed by atoms with Gasteiger partial charge in [-0.3, -0.25) is 4.40 Å². The van der Waals surface area contributed by atoms with Crippen LogP contribution in [-0.4, -0.2) is 8.80 Å². The highest BCUT2D eigenvalue weighted by Crippen LogP contribution is 2.47. The number of para-hydroxylation sites is 3. The van der Waals surface area contributed by atoms with Gasteiger partial charge in [0, 0.05) is 53.2 Å². The quantitative estimate of drug-likeness (QED) is 0.197. The molecule has 188 valence electrons. The molecule has 11 rings (SSSR count). The van der Waals surface area contributed by atoms with Crippen molar-refractivity contribution in [3.63, 3.8) is 0 Å². The minimum atomic E-state index is 1.26. The van der Waals surface area contributed by atoms with Gasteiger partial charge in [0.15, 0.2) is 0 Å². The van der Waals surface area contributed by atoms with E-state index in [-0.39, 0.29) is 0 Å². The first-order valence-corrected chi connectivity index (χ1v) is 14.9. The maximum Gasteiger partial charge on any atom is 0.109 e. The zero-order valence-electron chi connectivity index (χ0n) is 21.8. The van der Waals surface area contributed by atoms with E-state index in [2.05, 4.69) is 130 Å². The SMILES string of the molecule is c1ccc2c(c1)sc1c2c2cc(-c3ccc4c(c3)c3cccc5c6ccccc6n4c53)cc3c4ccccc4n1c32. The van der Waals surface area contributed by atoms with Crippen LogP contribution < -0.4 is 0 Å². The summed E-state index contributed by atoms with van der Waals surface area (Å²) in [7, 11) is 0. The van der Waals surface area contributed by atoms with Crippen LogP contribution in [0.2, 0.25) is 0 Å². The molecule has 5 heterocycles. The number of nitrogens with zero attached hydrogens (tertiary/aromatic N) is 2. The molecule has 0 unspecified atom stereocenters. The maximum absolute atomic E-state index is 2.51. The number of benzene rings is 6. The fourth-order valence-electron chi connectivity index (χ4n) is 7.73. The summed E-state index contributed by atoms with van der Waals surface area (Å²) < 4.78 is 6.31. The van der Waals surface area contributed by atoms with Crippen LogP contribution in [0.25, 0.3) is 96.7 Å². The summed E-state index contributed by atoms with van der Waals surface area (Å²) in [5.74, 6) is 0. The van der Waals surface area contributed by atoms with Crippen LogP contribution in [0.4, 0.5) is 0 Å². The third kappa shape index (κ3) is 2.34. The number of thiophene rings is 1. The molecule has 2 nitrogen and oxygen atoms in total. The lowest BCUT2D eigenvalue weighted by atomic mass is 9.97. The molecule has 0 amide bonds. The standard InChI is InChI=1S/C38H20N2S/c1-4-13-31-23(8-1)25-11-7-12-26-28-18-21(16-17-33(28)39(31)36(25)26)22-19-29-24-9-2-5-14-32(24)40-37(29)30(20-22)35-27-10-3-6-15-34(27)41-38(35)40/h1-20H. The molecular formula is C38H20N2S. The summed E-state index contributed by atoms with van der Waals surface area (Å²) >= 11 is 1.91. The van der Waals surface area contributed by atoms with E-state index in [4.69, 9.17) is 0 Å². The highest BCUT2D eigenvalue weighted by molar-refractivity contribution is 7.25. The molecule has 11 aromatic rings. The average molecular weight is 537 g/mol. The molecule has 0 N–H and O–H groups in total. The number of fused-ring (bicyclic) bond motifs is 14. The van der Waals surface area contributed by atoms with Crippen molar-refractivity contribution in [2.45, 2.75) is 0 Å². The van der Waals surface area contributed by atoms with Crippen LogP contribution in [0, 0.1) is 0 Å². The third-order valence-electron chi connectivity index (χ3n) is 9.37. The Hall–Kier alpha value is -5.12. The van der Waals surface area contributed by atoms with Gasteiger partial charge in [0.2, 0.25) is 0 Å². The van der Waals surface area contributed by atoms with Crippen molar-refractivity contribution in [1.82, 2.24) is 8.80 Å². The second-order valence-electron chi connectivity index (χ2n) is 11.3. The summed E-state index contributed by atoms with van der Waals surface area (Å²) in [6, 6.07) is 45.2. The van der Waals surface area contributed by atoms with Crippen molar-refractivity contribution < 1.29 is 0 Å². The summed E-state index contributed by atoms with van der Waals surface area (Å²) in [6.45, 7) is 0. The van der Waals surface area contributed by atoms with E-state index in [0.29, 0.717) is 0 Å². The van der Waals surface area contributed by atoms with E-state index in [1.807, 2.05) is 11.3 Å². The van der Waals surface area contributed by atoms with Crippen molar-refractivity contribution in [2.75, 3.05) is 0 Å². The van der Waals surface area contributed by atoms with E-state index in [0.717, 1.165) is 0 Å². The van der Waals surface area contributed by atoms with Crippen molar-refractivity contribution in [1.29, 1.82) is 0 Å². The number of aromatic nitrogens is 2. The molecule has 0 atom stereocenters. The highest BCUT2D eigenvalue weighted by Gasteiger charge is 2.22. The van der Waals surface area contributed by atoms with Gasteiger partial charge in [0.05, 0.1) is 27.6 Å². The molecule has 0 saturated heterocycles. The van der Waals surface area contributed by atoms with Gasteiger partial charge < -0.3 is 4.40 Å². The monoisotopic (exact) mass is 536 g/mol. The lowest BCUT2D eigenvalue weighted by Gasteiger charge is -2.06. The Bertz CT molecular complexity index is 2850. The summed E-state index contributed by atoms with van der Waals surface area (Å²) in [5.41, 5.74) is 9.05. The molecule has 0 aliphatic heterocycles. The Morgan fingerprint density at radius 3 is 1.83 bits per heavy atom. The maximum atomic E-state index is 2.51. The third-order valence-corrected chi connectivity index (χ3v) is 10.5. The zero-order chi connectivity index (χ0) is 26.4. The van der Waals surface area contributed by atoms with Crippen LogP contribution in [0.1, 0.15) is 0 Å². The summed E-state index contributed by atoms with van der Waals surface area (Å²) in [6.07, 6.45) is 0. The van der Waals surface area contributed by atoms with E-state index >= 15 is 0 Å². The van der Waals surface area contributed by atoms with Gasteiger partial charge in [-0.25, -0.2) is 0 Å². The van der Waals surface area contributed by atoms with Crippen LogP contribution in [0.3, 0.4) is 0 Å². The first-order chi connectivity index (χ1) is 20.3. The zero-order valence-corrected chi connectivity index (χ0v) is 22.7. The Morgan fingerprint density at radius 2 is 0.976 bits per heavy atom. The van der Waals surface area contributed by atoms with Crippen molar-refractivity contribution in [3.8, 4) is 11.1 Å². The number of hydrogen-bond acceptors (Lipinski definition) is 1. The minimum absolute atomic E-state index is 1.26. The largest absolute Gasteiger partial charge is 0.308 e. The first-order valence-electron chi connectivity index (χ1n) is 14.1. The van der Waals surface area contributed by atoms with Crippen LogP contribution in [0.5, 0.6) is 0 Å². The van der Waals surface area contributed by atoms with Gasteiger partial charge in [-0.1, -0.05) is 78.9 Å². The van der Waals surface area contributed by atoms with E-state index in [9.17, 15) is 0 Å². The fourth-order valence-corrected chi connectivity index (χ4v) is 8.97. The Balaban J connectivity index is 1.28. The topological polar surface area (TPSA) is 8.82 Å². The van der Waals surface area contributed by atoms with Gasteiger partial charge in [0.25, 0.3) is 0 Å². The van der Waals surface area contributed by atoms with Crippen molar-refractivity contribution >= 4 is 96.9 Å². The van der Waals surface area contributed by atoms with Crippen LogP contribution in [0.15, 0.2) is 121 Å². The van der Waals surface area contributed by atoms with Gasteiger partial charge in [-0.2, -0.15) is 0 Å². The fraction of sp³-hybridized carbons (Fsp3) is 0. The highest BCUT2D eigenvalue weighted by atomic mass is 32.1. The number of hydrogen-bond donors (Lipinski definition) is 0. The molecule has 5 aromatic heterocycles. The minimum Gasteiger partial charge on any atom is -0.308 e. The molecule has 0 bridgehead atoms. The first kappa shape index (κ1) is 20.7. The van der Waals surface area contributed by atoms with Gasteiger partial charge in [-0.15, -0.1) is 11.3 Å². The normalized spacial score (nSPS) is 12.9. The van der Waals surface area contributed by atoms with Crippen molar-refractivity contribution in [2.24, 2.45) is 0 Å². The average Bonchev–Trinajstić information content (AvgIpc) is 3.80. The lowest BCUT2D eigenvalue weighted by molar-refractivity contribution is 1.37. The molecule has 6 aromatic carbocycles. The van der Waals surface area contributed by atoms with E-state index in [1.165, 1.54) is 96.7 Å². The van der Waals surface area contributed by atoms with Gasteiger partial charge in [0.1, 0.15) is 4.83 Å². The Kier molecular flexibility index (Phi) is 3.52. The Morgan fingerprint density at radius 1 is 0.390 bits per heavy atom. The lowest BCUT2D eigenvalue weighted by Crippen LogP contribution is -1.83. The molecule has 0 aliphatic rings. The second-order valence-corrected chi connectivity index (χ2v) is 12.4. The summed E-state index contributed by atoms with van der Waals surface area (Å²) in [4.78, 5) is 1.34. The molecule has 0 spiro atoms. The van der Waals surface area contributed by atoms with E-state index in [1.54, 1.807) is 0 Å². The molecule has 0 saturated carbocycles. The van der Waals surface area contributed by atoms with Crippen molar-refractivity contribution in [3.05, 3.63) is 121 Å². The molecule has 41 heavy (non-hydrogen) atoms. The molecule has 0 fully saturated rings. The Labute approximate surface area is 237 Å². The van der Waals surface area contributed by atoms with Crippen LogP contribution in [-0.2, 0) is 0 Å². The second kappa shape index (κ2) is 6.95. The van der Waals surface area contributed by atoms with Gasteiger partial charge in [-0.05, 0) is 53.6 Å². The predicted octanol–water partition coefficient (Wildman–Crippen LogP) is 10.9. The smallest absolute Gasteiger partial charge is 0.109 e. The molecular weight excluding hydrogens is 516 g/mol. The molecule has 0 radical (unpaired) electrons.